The maximum atomic E-state index is 10.5. The van der Waals surface area contributed by atoms with Gasteiger partial charge in [0.05, 0.1) is 5.75 Å². The van der Waals surface area contributed by atoms with E-state index in [0.717, 1.165) is 0 Å². The fourth-order valence-electron chi connectivity index (χ4n) is 0.963. The van der Waals surface area contributed by atoms with E-state index in [9.17, 15) is 4.79 Å². The Bertz CT molecular complexity index is 386. The number of carboxylic acid groups (broad SMARTS) is 1. The normalized spacial score (nSPS) is 13.6. The van der Waals surface area contributed by atoms with Crippen molar-refractivity contribution >= 4 is 17.7 Å². The second-order valence-corrected chi connectivity index (χ2v) is 5.75. The van der Waals surface area contributed by atoms with Crippen LogP contribution in [-0.4, -0.2) is 33.0 Å². The first kappa shape index (κ1) is 14.0. The molecule has 0 aromatic carbocycles. The first-order valence-electron chi connectivity index (χ1n) is 5.20. The third-order valence-corrected chi connectivity index (χ3v) is 3.02. The van der Waals surface area contributed by atoms with E-state index in [1.54, 1.807) is 0 Å². The van der Waals surface area contributed by atoms with Gasteiger partial charge in [-0.1, -0.05) is 25.9 Å². The topological polar surface area (TPSA) is 102 Å². The van der Waals surface area contributed by atoms with Crippen LogP contribution in [0.1, 0.15) is 32.5 Å². The number of aliphatic carboxylic acids is 1. The van der Waals surface area contributed by atoms with Gasteiger partial charge in [0, 0.05) is 11.2 Å². The maximum absolute atomic E-state index is 10.5. The molecule has 0 aliphatic rings. The Morgan fingerprint density at radius 1 is 1.59 bits per heavy atom. The van der Waals surface area contributed by atoms with Crippen molar-refractivity contribution in [3.63, 3.8) is 0 Å². The smallest absolute Gasteiger partial charge is 0.321 e. The summed E-state index contributed by atoms with van der Waals surface area (Å²) in [6, 6.07) is -0.856. The number of thioether (sulfide) groups is 1. The Morgan fingerprint density at radius 2 is 2.24 bits per heavy atom. The van der Waals surface area contributed by atoms with Crippen LogP contribution in [0.3, 0.4) is 0 Å². The summed E-state index contributed by atoms with van der Waals surface area (Å²) in [5, 5.41) is 12.5. The second kappa shape index (κ2) is 5.50. The molecule has 0 aliphatic carbocycles. The maximum Gasteiger partial charge on any atom is 0.321 e. The van der Waals surface area contributed by atoms with Gasteiger partial charge in [-0.15, -0.1) is 11.8 Å². The lowest BCUT2D eigenvalue weighted by atomic mass is 9.96. The average molecular weight is 259 g/mol. The number of nitrogens with zero attached hydrogens (tertiary/aromatic N) is 2. The molecular weight excluding hydrogens is 242 g/mol. The monoisotopic (exact) mass is 259 g/mol. The quantitative estimate of drug-likeness (QED) is 0.813. The van der Waals surface area contributed by atoms with Gasteiger partial charge in [-0.25, -0.2) is 0 Å². The standard InChI is InChI=1S/C10H17N3O3S/c1-10(2,3)9-12-7(16-13-9)5-17-4-6(11)8(14)15/h6H,4-5,11H2,1-3H3,(H,14,15)/t6-/m0/s1. The largest absolute Gasteiger partial charge is 0.480 e. The van der Waals surface area contributed by atoms with E-state index >= 15 is 0 Å². The molecule has 1 aromatic heterocycles. The molecule has 6 nitrogen and oxygen atoms in total. The Kier molecular flexibility index (Phi) is 4.53. The van der Waals surface area contributed by atoms with E-state index in [-0.39, 0.29) is 5.41 Å². The fraction of sp³-hybridized carbons (Fsp3) is 0.700. The van der Waals surface area contributed by atoms with Crippen LogP contribution in [0, 0.1) is 0 Å². The summed E-state index contributed by atoms with van der Waals surface area (Å²) in [6.45, 7) is 5.99. The lowest BCUT2D eigenvalue weighted by Gasteiger charge is -2.10. The van der Waals surface area contributed by atoms with Gasteiger partial charge in [0.1, 0.15) is 6.04 Å². The molecule has 1 rings (SSSR count). The molecule has 0 bridgehead atoms. The fourth-order valence-corrected chi connectivity index (χ4v) is 1.77. The first-order chi connectivity index (χ1) is 7.80. The van der Waals surface area contributed by atoms with Crippen LogP contribution in [0.25, 0.3) is 0 Å². The molecule has 0 aliphatic heterocycles. The van der Waals surface area contributed by atoms with Crippen molar-refractivity contribution in [2.75, 3.05) is 5.75 Å². The molecule has 3 N–H and O–H groups in total. The molecule has 0 spiro atoms. The van der Waals surface area contributed by atoms with Gasteiger partial charge in [-0.3, -0.25) is 4.79 Å². The SMILES string of the molecule is CC(C)(C)c1noc(CSC[C@H](N)C(=O)O)n1. The minimum atomic E-state index is -1.00. The van der Waals surface area contributed by atoms with Crippen LogP contribution in [0.2, 0.25) is 0 Å². The Labute approximate surface area is 104 Å². The summed E-state index contributed by atoms with van der Waals surface area (Å²) >= 11 is 1.36. The molecule has 1 atom stereocenters. The number of nitrogens with two attached hydrogens (primary N) is 1. The van der Waals surface area contributed by atoms with Crippen LogP contribution in [0.4, 0.5) is 0 Å². The Hall–Kier alpha value is -1.08. The van der Waals surface area contributed by atoms with Gasteiger partial charge in [-0.2, -0.15) is 4.98 Å². The first-order valence-corrected chi connectivity index (χ1v) is 6.35. The predicted molar refractivity (Wildman–Crippen MR) is 64.8 cm³/mol. The highest BCUT2D eigenvalue weighted by Gasteiger charge is 2.21. The number of carboxylic acids is 1. The molecule has 0 radical (unpaired) electrons. The summed E-state index contributed by atoms with van der Waals surface area (Å²) in [7, 11) is 0. The van der Waals surface area contributed by atoms with E-state index in [0.29, 0.717) is 23.2 Å². The number of aromatic nitrogens is 2. The van der Waals surface area contributed by atoms with E-state index < -0.39 is 12.0 Å². The van der Waals surface area contributed by atoms with Crippen LogP contribution in [0.15, 0.2) is 4.52 Å². The van der Waals surface area contributed by atoms with Crippen molar-refractivity contribution in [2.45, 2.75) is 38.0 Å². The van der Waals surface area contributed by atoms with Crippen LogP contribution in [-0.2, 0) is 16.0 Å². The van der Waals surface area contributed by atoms with Crippen molar-refractivity contribution in [1.29, 1.82) is 0 Å². The van der Waals surface area contributed by atoms with Gasteiger partial charge >= 0.3 is 5.97 Å². The van der Waals surface area contributed by atoms with E-state index in [4.69, 9.17) is 15.4 Å². The minimum Gasteiger partial charge on any atom is -0.480 e. The van der Waals surface area contributed by atoms with Gasteiger partial charge in [0.2, 0.25) is 5.89 Å². The summed E-state index contributed by atoms with van der Waals surface area (Å²) in [5.41, 5.74) is 5.22. The number of carbonyl (C=O) groups is 1. The highest BCUT2D eigenvalue weighted by molar-refractivity contribution is 7.98. The summed E-state index contributed by atoms with van der Waals surface area (Å²) in [4.78, 5) is 14.7. The van der Waals surface area contributed by atoms with Crippen molar-refractivity contribution < 1.29 is 14.4 Å². The summed E-state index contributed by atoms with van der Waals surface area (Å²) in [6.07, 6.45) is 0. The van der Waals surface area contributed by atoms with Crippen molar-refractivity contribution in [3.8, 4) is 0 Å². The lowest BCUT2D eigenvalue weighted by molar-refractivity contribution is -0.137. The highest BCUT2D eigenvalue weighted by Crippen LogP contribution is 2.20. The molecular formula is C10H17N3O3S. The predicted octanol–water partition coefficient (Wildman–Crippen LogP) is 1.01. The second-order valence-electron chi connectivity index (χ2n) is 4.72. The number of hydrogen-bond acceptors (Lipinski definition) is 6. The molecule has 0 unspecified atom stereocenters. The van der Waals surface area contributed by atoms with Crippen molar-refractivity contribution in [1.82, 2.24) is 10.1 Å². The summed E-state index contributed by atoms with van der Waals surface area (Å²) < 4.78 is 5.06. The lowest BCUT2D eigenvalue weighted by Crippen LogP contribution is -2.32. The van der Waals surface area contributed by atoms with Crippen LogP contribution < -0.4 is 5.73 Å². The van der Waals surface area contributed by atoms with Crippen LogP contribution >= 0.6 is 11.8 Å². The molecule has 7 heteroatoms. The zero-order valence-electron chi connectivity index (χ0n) is 10.1. The van der Waals surface area contributed by atoms with Gasteiger partial charge in [-0.05, 0) is 0 Å². The number of rotatable bonds is 5. The number of hydrogen-bond donors (Lipinski definition) is 2. The van der Waals surface area contributed by atoms with Gasteiger partial charge in [0.25, 0.3) is 0 Å². The highest BCUT2D eigenvalue weighted by atomic mass is 32.2. The van der Waals surface area contributed by atoms with E-state index in [1.165, 1.54) is 11.8 Å². The molecule has 0 fully saturated rings. The average Bonchev–Trinajstić information content (AvgIpc) is 2.65. The summed E-state index contributed by atoms with van der Waals surface area (Å²) in [5.74, 6) is 0.943. The zero-order valence-corrected chi connectivity index (χ0v) is 11.0. The molecule has 0 amide bonds. The molecule has 1 aromatic rings. The molecule has 1 heterocycles. The zero-order chi connectivity index (χ0) is 13.1. The van der Waals surface area contributed by atoms with E-state index in [2.05, 4.69) is 10.1 Å². The Morgan fingerprint density at radius 3 is 2.71 bits per heavy atom. The molecule has 0 saturated heterocycles. The van der Waals surface area contributed by atoms with Gasteiger partial charge in [0.15, 0.2) is 5.82 Å². The molecule has 0 saturated carbocycles. The third kappa shape index (κ3) is 4.35. The van der Waals surface area contributed by atoms with E-state index in [1.807, 2.05) is 20.8 Å². The third-order valence-electron chi connectivity index (χ3n) is 1.98. The van der Waals surface area contributed by atoms with Crippen molar-refractivity contribution in [2.24, 2.45) is 5.73 Å². The molecule has 96 valence electrons. The molecule has 17 heavy (non-hydrogen) atoms. The minimum absolute atomic E-state index is 0.149. The van der Waals surface area contributed by atoms with Crippen molar-refractivity contribution in [3.05, 3.63) is 11.7 Å². The van der Waals surface area contributed by atoms with Crippen LogP contribution in [0.5, 0.6) is 0 Å². The Balaban J connectivity index is 2.43. The van der Waals surface area contributed by atoms with Gasteiger partial charge < -0.3 is 15.4 Å².